The third-order valence-electron chi connectivity index (χ3n) is 2.84. The molecule has 0 fully saturated rings. The molecule has 19 heavy (non-hydrogen) atoms. The number of hydrogen-bond acceptors (Lipinski definition) is 2. The number of benzene rings is 1. The Morgan fingerprint density at radius 2 is 2.05 bits per heavy atom. The highest BCUT2D eigenvalue weighted by Gasteiger charge is 2.19. The molecular weight excluding hydrogens is 417 g/mol. The molecule has 0 saturated carbocycles. The Morgan fingerprint density at radius 3 is 2.63 bits per heavy atom. The average Bonchev–Trinajstić information content (AvgIpc) is 2.37. The Kier molecular flexibility index (Phi) is 7.32. The monoisotopic (exact) mass is 431 g/mol. The third kappa shape index (κ3) is 5.34. The van der Waals surface area contributed by atoms with Crippen LogP contribution in [0.4, 0.5) is 0 Å². The van der Waals surface area contributed by atoms with Crippen LogP contribution >= 0.6 is 43.5 Å². The first-order chi connectivity index (χ1) is 8.90. The van der Waals surface area contributed by atoms with Gasteiger partial charge in [-0.1, -0.05) is 29.3 Å². The Balaban J connectivity index is 2.83. The van der Waals surface area contributed by atoms with Crippen molar-refractivity contribution in [1.29, 1.82) is 0 Å². The smallest absolute Gasteiger partial charge is 0.211 e. The van der Waals surface area contributed by atoms with Crippen molar-refractivity contribution in [2.75, 3.05) is 12.4 Å². The Bertz CT molecular complexity index is 522. The van der Waals surface area contributed by atoms with E-state index < -0.39 is 10.0 Å². The molecule has 0 bridgehead atoms. The summed E-state index contributed by atoms with van der Waals surface area (Å²) < 4.78 is 28.4. The summed E-state index contributed by atoms with van der Waals surface area (Å²) in [4.78, 5) is 0.239. The van der Waals surface area contributed by atoms with E-state index in [1.165, 1.54) is 0 Å². The molecule has 1 aromatic rings. The fraction of sp³-hybridized carbons (Fsp3) is 0.500. The van der Waals surface area contributed by atoms with Crippen molar-refractivity contribution in [1.82, 2.24) is 4.72 Å². The van der Waals surface area contributed by atoms with Crippen molar-refractivity contribution in [3.8, 4) is 0 Å². The van der Waals surface area contributed by atoms with Gasteiger partial charge in [-0.05, 0) is 46.5 Å². The SMILES string of the molecule is CCC(CCCl)CNS(=O)(=O)c1cc(Br)ccc1Br. The van der Waals surface area contributed by atoms with E-state index >= 15 is 0 Å². The summed E-state index contributed by atoms with van der Waals surface area (Å²) >= 11 is 12.2. The largest absolute Gasteiger partial charge is 0.241 e. The molecule has 7 heteroatoms. The minimum atomic E-state index is -3.51. The molecule has 1 rings (SSSR count). The molecular formula is C12H16Br2ClNO2S. The molecule has 0 aliphatic rings. The summed E-state index contributed by atoms with van der Waals surface area (Å²) in [6.45, 7) is 2.44. The first-order valence-electron chi connectivity index (χ1n) is 5.91. The van der Waals surface area contributed by atoms with Crippen molar-refractivity contribution < 1.29 is 8.42 Å². The van der Waals surface area contributed by atoms with Gasteiger partial charge in [0, 0.05) is 21.4 Å². The predicted molar refractivity (Wildman–Crippen MR) is 86.1 cm³/mol. The van der Waals surface area contributed by atoms with E-state index in [9.17, 15) is 8.42 Å². The van der Waals surface area contributed by atoms with Crippen molar-refractivity contribution in [3.05, 3.63) is 27.1 Å². The fourth-order valence-electron chi connectivity index (χ4n) is 1.59. The third-order valence-corrected chi connectivity index (χ3v) is 5.97. The van der Waals surface area contributed by atoms with Gasteiger partial charge >= 0.3 is 0 Å². The lowest BCUT2D eigenvalue weighted by Crippen LogP contribution is -2.29. The van der Waals surface area contributed by atoms with Crippen LogP contribution in [0.1, 0.15) is 19.8 Å². The zero-order valence-electron chi connectivity index (χ0n) is 10.5. The lowest BCUT2D eigenvalue weighted by atomic mass is 10.0. The lowest BCUT2D eigenvalue weighted by Gasteiger charge is -2.15. The van der Waals surface area contributed by atoms with Gasteiger partial charge in [0.2, 0.25) is 10.0 Å². The van der Waals surface area contributed by atoms with Gasteiger partial charge in [0.05, 0.1) is 4.90 Å². The van der Waals surface area contributed by atoms with Crippen LogP contribution in [0.25, 0.3) is 0 Å². The van der Waals surface area contributed by atoms with Crippen LogP contribution in [0.15, 0.2) is 32.0 Å². The van der Waals surface area contributed by atoms with E-state index in [4.69, 9.17) is 11.6 Å². The second kappa shape index (κ2) is 7.98. The minimum Gasteiger partial charge on any atom is -0.211 e. The standard InChI is InChI=1S/C12H16Br2ClNO2S/c1-2-9(5-6-15)8-16-19(17,18)12-7-10(13)3-4-11(12)14/h3-4,7,9,16H,2,5-6,8H2,1H3. The molecule has 0 aromatic heterocycles. The quantitative estimate of drug-likeness (QED) is 0.657. The highest BCUT2D eigenvalue weighted by molar-refractivity contribution is 9.11. The van der Waals surface area contributed by atoms with Gasteiger partial charge in [-0.25, -0.2) is 13.1 Å². The van der Waals surface area contributed by atoms with Crippen LogP contribution in [-0.4, -0.2) is 20.8 Å². The van der Waals surface area contributed by atoms with Crippen LogP contribution in [0.2, 0.25) is 0 Å². The summed E-state index contributed by atoms with van der Waals surface area (Å²) in [7, 11) is -3.51. The minimum absolute atomic E-state index is 0.239. The number of rotatable bonds is 7. The van der Waals surface area contributed by atoms with Crippen LogP contribution in [-0.2, 0) is 10.0 Å². The maximum atomic E-state index is 12.2. The molecule has 0 saturated heterocycles. The van der Waals surface area contributed by atoms with Gasteiger partial charge in [0.1, 0.15) is 0 Å². The Hall–Kier alpha value is 0.380. The van der Waals surface area contributed by atoms with Crippen molar-refractivity contribution in [2.45, 2.75) is 24.7 Å². The molecule has 1 atom stereocenters. The van der Waals surface area contributed by atoms with Gasteiger partial charge in [0.25, 0.3) is 0 Å². The lowest BCUT2D eigenvalue weighted by molar-refractivity contribution is 0.481. The van der Waals surface area contributed by atoms with Gasteiger partial charge < -0.3 is 0 Å². The highest BCUT2D eigenvalue weighted by Crippen LogP contribution is 2.25. The average molecular weight is 434 g/mol. The Morgan fingerprint density at radius 1 is 1.37 bits per heavy atom. The molecule has 0 aliphatic heterocycles. The van der Waals surface area contributed by atoms with E-state index in [0.717, 1.165) is 17.3 Å². The maximum absolute atomic E-state index is 12.2. The molecule has 1 aromatic carbocycles. The van der Waals surface area contributed by atoms with Crippen molar-refractivity contribution >= 4 is 53.5 Å². The summed E-state index contributed by atoms with van der Waals surface area (Å²) in [5.41, 5.74) is 0. The summed E-state index contributed by atoms with van der Waals surface area (Å²) in [6, 6.07) is 5.06. The molecule has 108 valence electrons. The van der Waals surface area contributed by atoms with E-state index in [-0.39, 0.29) is 10.8 Å². The molecule has 0 aliphatic carbocycles. The first kappa shape index (κ1) is 17.4. The van der Waals surface area contributed by atoms with E-state index in [0.29, 0.717) is 16.9 Å². The Labute approximate surface area is 136 Å². The number of nitrogens with one attached hydrogen (secondary N) is 1. The van der Waals surface area contributed by atoms with Crippen LogP contribution in [0, 0.1) is 5.92 Å². The van der Waals surface area contributed by atoms with E-state index in [2.05, 4.69) is 36.6 Å². The molecule has 1 unspecified atom stereocenters. The van der Waals surface area contributed by atoms with E-state index in [1.807, 2.05) is 6.92 Å². The molecule has 3 nitrogen and oxygen atoms in total. The molecule has 0 radical (unpaired) electrons. The van der Waals surface area contributed by atoms with Crippen LogP contribution in [0.3, 0.4) is 0 Å². The normalized spacial score (nSPS) is 13.5. The zero-order valence-corrected chi connectivity index (χ0v) is 15.2. The van der Waals surface area contributed by atoms with Gasteiger partial charge in [0.15, 0.2) is 0 Å². The number of alkyl halides is 1. The van der Waals surface area contributed by atoms with Gasteiger partial charge in [-0.3, -0.25) is 0 Å². The number of sulfonamides is 1. The number of hydrogen-bond donors (Lipinski definition) is 1. The molecule has 1 N–H and O–H groups in total. The summed E-state index contributed by atoms with van der Waals surface area (Å²) in [6.07, 6.45) is 1.70. The molecule has 0 amide bonds. The van der Waals surface area contributed by atoms with E-state index in [1.54, 1.807) is 18.2 Å². The zero-order chi connectivity index (χ0) is 14.5. The van der Waals surface area contributed by atoms with Crippen molar-refractivity contribution in [2.24, 2.45) is 5.92 Å². The van der Waals surface area contributed by atoms with Gasteiger partial charge in [-0.15, -0.1) is 11.6 Å². The van der Waals surface area contributed by atoms with Crippen molar-refractivity contribution in [3.63, 3.8) is 0 Å². The van der Waals surface area contributed by atoms with Crippen LogP contribution < -0.4 is 4.72 Å². The molecule has 0 heterocycles. The maximum Gasteiger partial charge on any atom is 0.241 e. The fourth-order valence-corrected chi connectivity index (χ4v) is 4.52. The second-order valence-corrected chi connectivity index (χ2v) is 8.06. The van der Waals surface area contributed by atoms with Gasteiger partial charge in [-0.2, -0.15) is 0 Å². The highest BCUT2D eigenvalue weighted by atomic mass is 79.9. The molecule has 0 spiro atoms. The summed E-state index contributed by atoms with van der Waals surface area (Å²) in [5.74, 6) is 0.805. The summed E-state index contributed by atoms with van der Waals surface area (Å²) in [5, 5.41) is 0. The second-order valence-electron chi connectivity index (χ2n) is 4.18. The predicted octanol–water partition coefficient (Wildman–Crippen LogP) is 4.15. The topological polar surface area (TPSA) is 46.2 Å². The van der Waals surface area contributed by atoms with Crippen LogP contribution in [0.5, 0.6) is 0 Å². The first-order valence-corrected chi connectivity index (χ1v) is 9.51. The number of halogens is 3.